The number of amides is 5. The molecule has 2 aromatic carbocycles. The minimum atomic E-state index is -1.11. The van der Waals surface area contributed by atoms with Crippen molar-refractivity contribution in [3.8, 4) is 11.6 Å². The lowest BCUT2D eigenvalue weighted by Gasteiger charge is -2.33. The molecule has 6 rings (SSSR count). The van der Waals surface area contributed by atoms with E-state index < -0.39 is 35.5 Å². The van der Waals surface area contributed by atoms with Crippen LogP contribution in [0.3, 0.4) is 0 Å². The molecule has 43 heavy (non-hydrogen) atoms. The average molecular weight is 586 g/mol. The maximum absolute atomic E-state index is 15.3. The number of imide groups is 2. The molecule has 3 aromatic rings. The van der Waals surface area contributed by atoms with Crippen molar-refractivity contribution in [1.29, 1.82) is 0 Å². The number of ether oxygens (including phenoxy) is 1. The third kappa shape index (κ3) is 5.55. The molecular formula is C31H28FN5O6. The Balaban J connectivity index is 1.12. The summed E-state index contributed by atoms with van der Waals surface area (Å²) in [6, 6.07) is 13.9. The van der Waals surface area contributed by atoms with Crippen LogP contribution in [0.5, 0.6) is 11.6 Å². The number of rotatable bonds is 6. The minimum absolute atomic E-state index is 0.00921. The summed E-state index contributed by atoms with van der Waals surface area (Å²) in [7, 11) is 0. The molecule has 0 spiro atoms. The molecule has 0 saturated carbocycles. The Morgan fingerprint density at radius 1 is 0.977 bits per heavy atom. The van der Waals surface area contributed by atoms with Crippen molar-refractivity contribution in [3.63, 3.8) is 0 Å². The zero-order valence-corrected chi connectivity index (χ0v) is 23.3. The van der Waals surface area contributed by atoms with Gasteiger partial charge in [-0.2, -0.15) is 0 Å². The summed E-state index contributed by atoms with van der Waals surface area (Å²) >= 11 is 0. The number of hydrogen-bond donors (Lipinski definition) is 2. The van der Waals surface area contributed by atoms with Crippen molar-refractivity contribution < 1.29 is 33.1 Å². The molecule has 5 amide bonds. The van der Waals surface area contributed by atoms with E-state index in [9.17, 15) is 24.0 Å². The SMILES string of the molecule is CC(=O)Nc1ccc(Oc2cccc(C3CCN(c4cc5c(cc4F)C(=O)N(C4CCC(=O)NC4=O)C5=O)CC3)n2)cc1. The van der Waals surface area contributed by atoms with Crippen LogP contribution < -0.4 is 20.3 Å². The van der Waals surface area contributed by atoms with Gasteiger partial charge in [-0.25, -0.2) is 9.37 Å². The second-order valence-corrected chi connectivity index (χ2v) is 10.8. The molecule has 0 aliphatic carbocycles. The Hall–Kier alpha value is -5.13. The fraction of sp³-hybridized carbons (Fsp3) is 0.290. The van der Waals surface area contributed by atoms with Crippen LogP contribution in [-0.2, 0) is 14.4 Å². The maximum Gasteiger partial charge on any atom is 0.262 e. The van der Waals surface area contributed by atoms with E-state index >= 15 is 4.39 Å². The molecule has 4 heterocycles. The molecule has 12 heteroatoms. The monoisotopic (exact) mass is 585 g/mol. The lowest BCUT2D eigenvalue weighted by atomic mass is 9.92. The third-order valence-electron chi connectivity index (χ3n) is 7.90. The number of anilines is 2. The molecule has 1 aromatic heterocycles. The second-order valence-electron chi connectivity index (χ2n) is 10.8. The van der Waals surface area contributed by atoms with E-state index in [-0.39, 0.29) is 41.5 Å². The zero-order valence-electron chi connectivity index (χ0n) is 23.3. The molecule has 11 nitrogen and oxygen atoms in total. The third-order valence-corrected chi connectivity index (χ3v) is 7.90. The average Bonchev–Trinajstić information content (AvgIpc) is 3.22. The number of halogens is 1. The van der Waals surface area contributed by atoms with Gasteiger partial charge in [0.05, 0.1) is 16.8 Å². The first-order chi connectivity index (χ1) is 20.7. The highest BCUT2D eigenvalue weighted by Crippen LogP contribution is 2.36. The van der Waals surface area contributed by atoms with Gasteiger partial charge in [-0.3, -0.25) is 34.2 Å². The number of fused-ring (bicyclic) bond motifs is 1. The number of carbonyl (C=O) groups is 5. The predicted octanol–water partition coefficient (Wildman–Crippen LogP) is 3.76. The van der Waals surface area contributed by atoms with Crippen LogP contribution in [0.2, 0.25) is 0 Å². The van der Waals surface area contributed by atoms with E-state index in [4.69, 9.17) is 4.74 Å². The minimum Gasteiger partial charge on any atom is -0.439 e. The van der Waals surface area contributed by atoms with E-state index in [2.05, 4.69) is 15.6 Å². The van der Waals surface area contributed by atoms with Crippen molar-refractivity contribution in [2.45, 2.75) is 44.6 Å². The molecule has 0 bridgehead atoms. The van der Waals surface area contributed by atoms with Crippen LogP contribution in [0.25, 0.3) is 0 Å². The van der Waals surface area contributed by atoms with E-state index in [1.165, 1.54) is 13.0 Å². The molecule has 220 valence electrons. The molecule has 3 aliphatic heterocycles. The van der Waals surface area contributed by atoms with Crippen LogP contribution in [-0.4, -0.2) is 58.6 Å². The molecular weight excluding hydrogens is 557 g/mol. The van der Waals surface area contributed by atoms with Crippen molar-refractivity contribution in [2.24, 2.45) is 0 Å². The van der Waals surface area contributed by atoms with Gasteiger partial charge in [0.2, 0.25) is 23.6 Å². The summed E-state index contributed by atoms with van der Waals surface area (Å²) in [5.41, 5.74) is 1.69. The first-order valence-electron chi connectivity index (χ1n) is 14.0. The number of nitrogens with one attached hydrogen (secondary N) is 2. The number of hydrogen-bond acceptors (Lipinski definition) is 8. The molecule has 1 unspecified atom stereocenters. The van der Waals surface area contributed by atoms with Crippen LogP contribution >= 0.6 is 0 Å². The van der Waals surface area contributed by atoms with Crippen molar-refractivity contribution in [1.82, 2.24) is 15.2 Å². The predicted molar refractivity (Wildman–Crippen MR) is 152 cm³/mol. The number of benzene rings is 2. The fourth-order valence-corrected chi connectivity index (χ4v) is 5.78. The maximum atomic E-state index is 15.3. The summed E-state index contributed by atoms with van der Waals surface area (Å²) < 4.78 is 21.2. The van der Waals surface area contributed by atoms with Crippen molar-refractivity contribution in [3.05, 3.63) is 77.2 Å². The van der Waals surface area contributed by atoms with Crippen molar-refractivity contribution >= 4 is 40.9 Å². The van der Waals surface area contributed by atoms with E-state index in [1.807, 2.05) is 17.0 Å². The number of nitrogens with zero attached hydrogens (tertiary/aromatic N) is 3. The van der Waals surface area contributed by atoms with Gasteiger partial charge in [-0.05, 0) is 61.7 Å². The van der Waals surface area contributed by atoms with Gasteiger partial charge in [0, 0.05) is 49.8 Å². The molecule has 3 aliphatic rings. The summed E-state index contributed by atoms with van der Waals surface area (Å²) in [5, 5.41) is 4.86. The fourth-order valence-electron chi connectivity index (χ4n) is 5.78. The van der Waals surface area contributed by atoms with Crippen LogP contribution in [0.1, 0.15) is 64.9 Å². The van der Waals surface area contributed by atoms with Gasteiger partial charge in [-0.15, -0.1) is 0 Å². The van der Waals surface area contributed by atoms with Crippen LogP contribution in [0, 0.1) is 5.82 Å². The Labute approximate surface area is 246 Å². The Morgan fingerprint density at radius 3 is 2.35 bits per heavy atom. The molecule has 2 fully saturated rings. The lowest BCUT2D eigenvalue weighted by Crippen LogP contribution is -2.54. The Morgan fingerprint density at radius 2 is 1.67 bits per heavy atom. The normalized spacial score (nSPS) is 18.9. The molecule has 0 radical (unpaired) electrons. The van der Waals surface area contributed by atoms with E-state index in [0.29, 0.717) is 43.2 Å². The molecule has 2 saturated heterocycles. The van der Waals surface area contributed by atoms with Gasteiger partial charge in [0.1, 0.15) is 17.6 Å². The van der Waals surface area contributed by atoms with E-state index in [1.54, 1.807) is 30.3 Å². The van der Waals surface area contributed by atoms with Crippen molar-refractivity contribution in [2.75, 3.05) is 23.3 Å². The summed E-state index contributed by atoms with van der Waals surface area (Å²) in [4.78, 5) is 68.6. The highest BCUT2D eigenvalue weighted by molar-refractivity contribution is 6.23. The Bertz CT molecular complexity index is 1650. The quantitative estimate of drug-likeness (QED) is 0.417. The lowest BCUT2D eigenvalue weighted by molar-refractivity contribution is -0.136. The van der Waals surface area contributed by atoms with Gasteiger partial charge >= 0.3 is 0 Å². The van der Waals surface area contributed by atoms with Crippen LogP contribution in [0.15, 0.2) is 54.6 Å². The number of aromatic nitrogens is 1. The van der Waals surface area contributed by atoms with Crippen LogP contribution in [0.4, 0.5) is 15.8 Å². The first-order valence-corrected chi connectivity index (χ1v) is 14.0. The topological polar surface area (TPSA) is 138 Å². The van der Waals surface area contributed by atoms with Gasteiger partial charge in [-0.1, -0.05) is 6.07 Å². The highest BCUT2D eigenvalue weighted by Gasteiger charge is 2.45. The van der Waals surface area contributed by atoms with Gasteiger partial charge < -0.3 is 15.0 Å². The van der Waals surface area contributed by atoms with Gasteiger partial charge in [0.25, 0.3) is 11.8 Å². The van der Waals surface area contributed by atoms with Gasteiger partial charge in [0.15, 0.2) is 0 Å². The summed E-state index contributed by atoms with van der Waals surface area (Å²) in [6.45, 7) is 2.43. The number of carbonyl (C=O) groups excluding carboxylic acids is 5. The summed E-state index contributed by atoms with van der Waals surface area (Å²) in [6.07, 6.45) is 1.39. The second kappa shape index (κ2) is 11.3. The zero-order chi connectivity index (χ0) is 30.2. The van der Waals surface area contributed by atoms with E-state index in [0.717, 1.165) is 16.7 Å². The standard InChI is InChI=1S/C31H28FN5O6/c1-17(38)33-19-5-7-20(8-6-19)43-28-4-2-3-24(34-28)18-11-13-36(14-12-18)26-16-22-21(15-23(26)32)30(41)37(31(22)42)25-9-10-27(39)35-29(25)40/h2-8,15-16,18,25H,9-14H2,1H3,(H,33,38)(H,35,39,40). The first kappa shape index (κ1) is 28.0. The largest absolute Gasteiger partial charge is 0.439 e. The molecule has 1 atom stereocenters. The smallest absolute Gasteiger partial charge is 0.262 e. The highest BCUT2D eigenvalue weighted by atomic mass is 19.1. The number of piperidine rings is 2. The Kier molecular flexibility index (Phi) is 7.34. The summed E-state index contributed by atoms with van der Waals surface area (Å²) in [5.74, 6) is -2.26. The number of pyridine rings is 1. The molecule has 2 N–H and O–H groups in total.